The molecular weight excluding hydrogens is 376 g/mol. The van der Waals surface area contributed by atoms with Crippen LogP contribution in [0, 0.1) is 0 Å². The second-order valence-electron chi connectivity index (χ2n) is 7.84. The van der Waals surface area contributed by atoms with Crippen LogP contribution in [0.2, 0.25) is 0 Å². The van der Waals surface area contributed by atoms with Gasteiger partial charge in [-0.2, -0.15) is 0 Å². The molecule has 5 rings (SSSR count). The third-order valence-electron chi connectivity index (χ3n) is 5.94. The lowest BCUT2D eigenvalue weighted by Gasteiger charge is -2.18. The molecule has 1 aliphatic carbocycles. The van der Waals surface area contributed by atoms with Crippen LogP contribution < -0.4 is 10.4 Å². The first-order valence-corrected chi connectivity index (χ1v) is 10.4. The second kappa shape index (κ2) is 7.45. The molecule has 4 aromatic rings. The van der Waals surface area contributed by atoms with Crippen molar-refractivity contribution >= 4 is 27.5 Å². The molecule has 150 valence electrons. The molecule has 1 atom stereocenters. The zero-order valence-electron chi connectivity index (χ0n) is 16.8. The maximum atomic E-state index is 12.7. The van der Waals surface area contributed by atoms with Crippen molar-refractivity contribution in [3.05, 3.63) is 87.8 Å². The highest BCUT2D eigenvalue weighted by Crippen LogP contribution is 2.35. The van der Waals surface area contributed by atoms with Gasteiger partial charge in [0, 0.05) is 27.3 Å². The molecule has 3 aromatic carbocycles. The summed E-state index contributed by atoms with van der Waals surface area (Å²) in [6.45, 7) is 1.76. The number of aryl methyl sites for hydroxylation is 1. The molecular formula is C26H22O4. The van der Waals surface area contributed by atoms with E-state index in [9.17, 15) is 9.59 Å². The van der Waals surface area contributed by atoms with Crippen molar-refractivity contribution in [2.45, 2.75) is 38.7 Å². The van der Waals surface area contributed by atoms with E-state index in [1.165, 1.54) is 0 Å². The molecule has 0 bridgehead atoms. The number of ether oxygens (including phenoxy) is 1. The van der Waals surface area contributed by atoms with Gasteiger partial charge >= 0.3 is 5.63 Å². The second-order valence-corrected chi connectivity index (χ2v) is 7.84. The smallest absolute Gasteiger partial charge is 0.339 e. The Morgan fingerprint density at radius 2 is 1.60 bits per heavy atom. The third-order valence-corrected chi connectivity index (χ3v) is 5.94. The molecule has 0 unspecified atom stereocenters. The highest BCUT2D eigenvalue weighted by molar-refractivity contribution is 6.07. The standard InChI is InChI=1S/C26H22O4/c1-16(24(27)17-8-3-2-4-9-17)29-23-13-7-12-20-19(23)14-15-21-18-10-5-6-11-22(18)26(28)30-25(20)21/h2-4,7-9,12-16H,5-6,10-11H2,1H3/t16-/m1/s1. The van der Waals surface area contributed by atoms with Gasteiger partial charge in [0.05, 0.1) is 0 Å². The van der Waals surface area contributed by atoms with Crippen molar-refractivity contribution in [3.8, 4) is 5.75 Å². The average Bonchev–Trinajstić information content (AvgIpc) is 2.79. The lowest BCUT2D eigenvalue weighted by atomic mass is 9.90. The molecule has 0 spiro atoms. The zero-order chi connectivity index (χ0) is 20.7. The summed E-state index contributed by atoms with van der Waals surface area (Å²) in [6, 6.07) is 18.8. The summed E-state index contributed by atoms with van der Waals surface area (Å²) in [5.41, 5.74) is 2.93. The summed E-state index contributed by atoms with van der Waals surface area (Å²) in [4.78, 5) is 25.3. The van der Waals surface area contributed by atoms with Crippen LogP contribution >= 0.6 is 0 Å². The Hall–Kier alpha value is -3.40. The summed E-state index contributed by atoms with van der Waals surface area (Å²) >= 11 is 0. The van der Waals surface area contributed by atoms with Gasteiger partial charge in [0.25, 0.3) is 0 Å². The van der Waals surface area contributed by atoms with Gasteiger partial charge in [0.2, 0.25) is 5.78 Å². The highest BCUT2D eigenvalue weighted by atomic mass is 16.5. The predicted molar refractivity (Wildman–Crippen MR) is 117 cm³/mol. The van der Waals surface area contributed by atoms with Crippen molar-refractivity contribution in [1.29, 1.82) is 0 Å². The number of carbonyl (C=O) groups excluding carboxylic acids is 1. The summed E-state index contributed by atoms with van der Waals surface area (Å²) in [7, 11) is 0. The zero-order valence-corrected chi connectivity index (χ0v) is 16.8. The van der Waals surface area contributed by atoms with E-state index < -0.39 is 6.10 Å². The molecule has 0 N–H and O–H groups in total. The summed E-state index contributed by atoms with van der Waals surface area (Å²) in [5.74, 6) is 0.528. The Morgan fingerprint density at radius 3 is 2.40 bits per heavy atom. The predicted octanol–water partition coefficient (Wildman–Crippen LogP) is 5.48. The van der Waals surface area contributed by atoms with E-state index in [4.69, 9.17) is 9.15 Å². The summed E-state index contributed by atoms with van der Waals surface area (Å²) < 4.78 is 11.8. The maximum absolute atomic E-state index is 12.7. The van der Waals surface area contributed by atoms with Gasteiger partial charge < -0.3 is 9.15 Å². The quantitative estimate of drug-likeness (QED) is 0.260. The lowest BCUT2D eigenvalue weighted by Crippen LogP contribution is -2.23. The first kappa shape index (κ1) is 18.6. The molecule has 0 fully saturated rings. The molecule has 1 heterocycles. The number of hydrogen-bond acceptors (Lipinski definition) is 4. The van der Waals surface area contributed by atoms with Gasteiger partial charge in [-0.1, -0.05) is 48.5 Å². The Balaban J connectivity index is 1.59. The number of carbonyl (C=O) groups is 1. The number of benzene rings is 3. The number of rotatable bonds is 4. The molecule has 1 aliphatic rings. The molecule has 0 aliphatic heterocycles. The maximum Gasteiger partial charge on any atom is 0.339 e. The van der Waals surface area contributed by atoms with Gasteiger partial charge in [0.1, 0.15) is 11.3 Å². The van der Waals surface area contributed by atoms with Crippen molar-refractivity contribution in [3.63, 3.8) is 0 Å². The Morgan fingerprint density at radius 1 is 0.867 bits per heavy atom. The van der Waals surface area contributed by atoms with Crippen molar-refractivity contribution in [2.24, 2.45) is 0 Å². The third kappa shape index (κ3) is 3.09. The van der Waals surface area contributed by atoms with Crippen molar-refractivity contribution in [2.75, 3.05) is 0 Å². The minimum absolute atomic E-state index is 0.0750. The molecule has 1 aromatic heterocycles. The van der Waals surface area contributed by atoms with Gasteiger partial charge in [0.15, 0.2) is 6.10 Å². The van der Waals surface area contributed by atoms with Gasteiger partial charge in [-0.3, -0.25) is 4.79 Å². The molecule has 0 saturated heterocycles. The largest absolute Gasteiger partial charge is 0.482 e. The minimum atomic E-state index is -0.635. The number of fused-ring (bicyclic) bond motifs is 5. The van der Waals surface area contributed by atoms with E-state index in [1.54, 1.807) is 19.1 Å². The lowest BCUT2D eigenvalue weighted by molar-refractivity contribution is 0.0820. The van der Waals surface area contributed by atoms with Crippen LogP contribution in [0.1, 0.15) is 41.3 Å². The minimum Gasteiger partial charge on any atom is -0.482 e. The molecule has 0 saturated carbocycles. The van der Waals surface area contributed by atoms with Crippen LogP contribution in [-0.4, -0.2) is 11.9 Å². The van der Waals surface area contributed by atoms with Crippen LogP contribution in [0.5, 0.6) is 5.75 Å². The normalized spacial score (nSPS) is 14.4. The Kier molecular flexibility index (Phi) is 4.62. The SMILES string of the molecule is C[C@@H](Oc1cccc2c1ccc1c3c(c(=O)oc12)CCCC3)C(=O)c1ccccc1. The fourth-order valence-corrected chi connectivity index (χ4v) is 4.41. The van der Waals surface area contributed by atoms with E-state index in [1.807, 2.05) is 48.5 Å². The van der Waals surface area contributed by atoms with Crippen molar-refractivity contribution in [1.82, 2.24) is 0 Å². The first-order chi connectivity index (χ1) is 14.6. The number of Topliss-reactive ketones (excluding diaryl/α,β-unsaturated/α-hetero) is 1. The molecule has 0 amide bonds. The average molecular weight is 398 g/mol. The van der Waals surface area contributed by atoms with Gasteiger partial charge in [-0.25, -0.2) is 4.79 Å². The van der Waals surface area contributed by atoms with E-state index in [2.05, 4.69) is 0 Å². The van der Waals surface area contributed by atoms with Crippen LogP contribution in [0.25, 0.3) is 21.7 Å². The molecule has 0 radical (unpaired) electrons. The van der Waals surface area contributed by atoms with Gasteiger partial charge in [-0.15, -0.1) is 0 Å². The summed E-state index contributed by atoms with van der Waals surface area (Å²) in [5, 5.41) is 2.66. The first-order valence-electron chi connectivity index (χ1n) is 10.4. The number of hydrogen-bond donors (Lipinski definition) is 0. The van der Waals surface area contributed by atoms with E-state index in [0.29, 0.717) is 16.9 Å². The van der Waals surface area contributed by atoms with Gasteiger partial charge in [-0.05, 0) is 50.3 Å². The van der Waals surface area contributed by atoms with Crippen LogP contribution in [0.3, 0.4) is 0 Å². The molecule has 4 nitrogen and oxygen atoms in total. The monoisotopic (exact) mass is 398 g/mol. The fourth-order valence-electron chi connectivity index (χ4n) is 4.41. The van der Waals surface area contributed by atoms with E-state index in [-0.39, 0.29) is 11.4 Å². The van der Waals surface area contributed by atoms with Crippen LogP contribution in [0.4, 0.5) is 0 Å². The van der Waals surface area contributed by atoms with Crippen LogP contribution in [-0.2, 0) is 12.8 Å². The highest BCUT2D eigenvalue weighted by Gasteiger charge is 2.21. The number of ketones is 1. The Bertz CT molecular complexity index is 1320. The molecule has 4 heteroatoms. The topological polar surface area (TPSA) is 56.5 Å². The summed E-state index contributed by atoms with van der Waals surface area (Å²) in [6.07, 6.45) is 3.17. The van der Waals surface area contributed by atoms with Crippen molar-refractivity contribution < 1.29 is 13.9 Å². The Labute approximate surface area is 174 Å². The van der Waals surface area contributed by atoms with Crippen LogP contribution in [0.15, 0.2) is 69.9 Å². The van der Waals surface area contributed by atoms with E-state index >= 15 is 0 Å². The molecule has 30 heavy (non-hydrogen) atoms. The van der Waals surface area contributed by atoms with E-state index in [0.717, 1.165) is 53.0 Å². The fraction of sp³-hybridized carbons (Fsp3) is 0.231.